The summed E-state index contributed by atoms with van der Waals surface area (Å²) in [5.74, 6) is 0. The van der Waals surface area contributed by atoms with Gasteiger partial charge in [-0.15, -0.1) is 0 Å². The van der Waals surface area contributed by atoms with Crippen molar-refractivity contribution in [3.8, 4) is 0 Å². The molecule has 1 saturated carbocycles. The van der Waals surface area contributed by atoms with Gasteiger partial charge in [-0.2, -0.15) is 0 Å². The topological polar surface area (TPSA) is 38.0 Å². The van der Waals surface area contributed by atoms with E-state index >= 15 is 0 Å². The van der Waals surface area contributed by atoms with Crippen molar-refractivity contribution in [1.82, 2.24) is 5.32 Å². The molecule has 13 heavy (non-hydrogen) atoms. The smallest absolute Gasteiger partial charge is 0.253 e. The van der Waals surface area contributed by atoms with Crippen LogP contribution >= 0.6 is 0 Å². The number of halogens is 2. The number of hydrogen-bond acceptors (Lipinski definition) is 2. The van der Waals surface area contributed by atoms with Crippen LogP contribution in [0.3, 0.4) is 0 Å². The molecule has 1 fully saturated rings. The molecule has 1 atom stereocenters. The largest absolute Gasteiger partial charge is 0.328 e. The Bertz CT molecular complexity index is 145. The second-order valence-electron chi connectivity index (χ2n) is 3.90. The number of nitrogens with one attached hydrogen (secondary N) is 1. The first-order valence-corrected chi connectivity index (χ1v) is 4.89. The fourth-order valence-corrected chi connectivity index (χ4v) is 1.73. The molecule has 4 heteroatoms. The summed E-state index contributed by atoms with van der Waals surface area (Å²) < 4.78 is 24.3. The monoisotopic (exact) mass is 192 g/mol. The van der Waals surface area contributed by atoms with E-state index < -0.39 is 12.5 Å². The molecule has 1 aliphatic rings. The second-order valence-corrected chi connectivity index (χ2v) is 3.90. The SMILES string of the molecule is C[C@H](NC1CCC(N)CC1)C(F)F. The van der Waals surface area contributed by atoms with E-state index in [4.69, 9.17) is 5.73 Å². The zero-order valence-corrected chi connectivity index (χ0v) is 7.97. The maximum atomic E-state index is 12.2. The quantitative estimate of drug-likeness (QED) is 0.711. The van der Waals surface area contributed by atoms with Gasteiger partial charge in [0.05, 0.1) is 6.04 Å². The van der Waals surface area contributed by atoms with Gasteiger partial charge in [0.1, 0.15) is 0 Å². The van der Waals surface area contributed by atoms with Crippen LogP contribution < -0.4 is 11.1 Å². The highest BCUT2D eigenvalue weighted by molar-refractivity contribution is 4.81. The van der Waals surface area contributed by atoms with Crippen LogP contribution in [0.15, 0.2) is 0 Å². The first-order chi connectivity index (χ1) is 6.09. The highest BCUT2D eigenvalue weighted by Gasteiger charge is 2.22. The van der Waals surface area contributed by atoms with Gasteiger partial charge in [-0.05, 0) is 32.6 Å². The summed E-state index contributed by atoms with van der Waals surface area (Å²) in [4.78, 5) is 0. The maximum absolute atomic E-state index is 12.2. The summed E-state index contributed by atoms with van der Waals surface area (Å²) in [6, 6.07) is -0.178. The Hall–Kier alpha value is -0.220. The molecule has 0 aromatic rings. The van der Waals surface area contributed by atoms with Gasteiger partial charge < -0.3 is 11.1 Å². The van der Waals surface area contributed by atoms with Crippen molar-refractivity contribution in [3.05, 3.63) is 0 Å². The third kappa shape index (κ3) is 3.56. The molecule has 0 unspecified atom stereocenters. The average Bonchev–Trinajstić information content (AvgIpc) is 2.08. The van der Waals surface area contributed by atoms with E-state index in [2.05, 4.69) is 5.32 Å². The Balaban J connectivity index is 2.22. The molecule has 3 N–H and O–H groups in total. The van der Waals surface area contributed by atoms with E-state index in [-0.39, 0.29) is 12.1 Å². The van der Waals surface area contributed by atoms with Gasteiger partial charge in [0.25, 0.3) is 6.43 Å². The average molecular weight is 192 g/mol. The minimum absolute atomic E-state index is 0.240. The molecule has 2 nitrogen and oxygen atoms in total. The lowest BCUT2D eigenvalue weighted by Gasteiger charge is -2.29. The summed E-state index contributed by atoms with van der Waals surface area (Å²) in [5, 5.41) is 2.93. The molecule has 0 aliphatic heterocycles. The van der Waals surface area contributed by atoms with Crippen LogP contribution in [0.5, 0.6) is 0 Å². The zero-order valence-electron chi connectivity index (χ0n) is 7.97. The van der Waals surface area contributed by atoms with Crippen LogP contribution in [0.25, 0.3) is 0 Å². The van der Waals surface area contributed by atoms with Crippen molar-refractivity contribution in [2.24, 2.45) is 5.73 Å². The van der Waals surface area contributed by atoms with Crippen LogP contribution in [0.2, 0.25) is 0 Å². The number of alkyl halides is 2. The number of hydrogen-bond donors (Lipinski definition) is 2. The van der Waals surface area contributed by atoms with Crippen LogP contribution in [0.1, 0.15) is 32.6 Å². The third-order valence-corrected chi connectivity index (χ3v) is 2.65. The van der Waals surface area contributed by atoms with E-state index in [1.165, 1.54) is 6.92 Å². The van der Waals surface area contributed by atoms with Gasteiger partial charge >= 0.3 is 0 Å². The Kier molecular flexibility index (Phi) is 4.06. The Morgan fingerprint density at radius 3 is 2.23 bits per heavy atom. The Labute approximate surface area is 77.9 Å². The molecular formula is C9H18F2N2. The van der Waals surface area contributed by atoms with Gasteiger partial charge in [-0.3, -0.25) is 0 Å². The Morgan fingerprint density at radius 2 is 1.77 bits per heavy atom. The van der Waals surface area contributed by atoms with E-state index in [9.17, 15) is 8.78 Å². The molecule has 0 amide bonds. The molecular weight excluding hydrogens is 174 g/mol. The molecule has 0 aromatic carbocycles. The van der Waals surface area contributed by atoms with Crippen LogP contribution in [0.4, 0.5) is 8.78 Å². The van der Waals surface area contributed by atoms with Gasteiger partial charge in [0.15, 0.2) is 0 Å². The lowest BCUT2D eigenvalue weighted by atomic mass is 9.91. The molecule has 1 aliphatic carbocycles. The molecule has 0 heterocycles. The maximum Gasteiger partial charge on any atom is 0.253 e. The normalized spacial score (nSPS) is 32.1. The second kappa shape index (κ2) is 4.86. The zero-order chi connectivity index (χ0) is 9.84. The number of rotatable bonds is 3. The summed E-state index contributed by atoms with van der Waals surface area (Å²) in [5.41, 5.74) is 5.71. The lowest BCUT2D eigenvalue weighted by molar-refractivity contribution is 0.0957. The molecule has 0 saturated heterocycles. The van der Waals surface area contributed by atoms with Crippen molar-refractivity contribution >= 4 is 0 Å². The van der Waals surface area contributed by atoms with Crippen LogP contribution in [-0.2, 0) is 0 Å². The van der Waals surface area contributed by atoms with Crippen molar-refractivity contribution in [2.75, 3.05) is 0 Å². The standard InChI is InChI=1S/C9H18F2N2/c1-6(9(10)11)13-8-4-2-7(12)3-5-8/h6-9,13H,2-5,12H2,1H3/t6-,7?,8?/m0/s1. The molecule has 0 spiro atoms. The van der Waals surface area contributed by atoms with E-state index in [0.29, 0.717) is 0 Å². The molecule has 0 aromatic heterocycles. The van der Waals surface area contributed by atoms with Crippen molar-refractivity contribution in [3.63, 3.8) is 0 Å². The van der Waals surface area contributed by atoms with Gasteiger partial charge in [-0.1, -0.05) is 0 Å². The van der Waals surface area contributed by atoms with Crippen molar-refractivity contribution in [2.45, 2.75) is 57.2 Å². The molecule has 0 bridgehead atoms. The summed E-state index contributed by atoms with van der Waals surface area (Å²) in [7, 11) is 0. The van der Waals surface area contributed by atoms with E-state index in [1.54, 1.807) is 0 Å². The minimum atomic E-state index is -2.27. The highest BCUT2D eigenvalue weighted by Crippen LogP contribution is 2.18. The lowest BCUT2D eigenvalue weighted by Crippen LogP contribution is -2.44. The number of nitrogens with two attached hydrogens (primary N) is 1. The molecule has 1 rings (SSSR count). The van der Waals surface area contributed by atoms with Gasteiger partial charge in [0, 0.05) is 12.1 Å². The molecule has 78 valence electrons. The highest BCUT2D eigenvalue weighted by atomic mass is 19.3. The molecule has 0 radical (unpaired) electrons. The minimum Gasteiger partial charge on any atom is -0.328 e. The van der Waals surface area contributed by atoms with Gasteiger partial charge in [0.2, 0.25) is 0 Å². The first-order valence-electron chi connectivity index (χ1n) is 4.89. The summed E-state index contributed by atoms with van der Waals surface area (Å²) >= 11 is 0. The predicted octanol–water partition coefficient (Wildman–Crippen LogP) is 1.50. The summed E-state index contributed by atoms with van der Waals surface area (Å²) in [6.45, 7) is 1.53. The van der Waals surface area contributed by atoms with Crippen LogP contribution in [-0.4, -0.2) is 24.6 Å². The predicted molar refractivity (Wildman–Crippen MR) is 48.8 cm³/mol. The van der Waals surface area contributed by atoms with E-state index in [1.807, 2.05) is 0 Å². The Morgan fingerprint density at radius 1 is 1.23 bits per heavy atom. The van der Waals surface area contributed by atoms with Gasteiger partial charge in [-0.25, -0.2) is 8.78 Å². The fraction of sp³-hybridized carbons (Fsp3) is 1.00. The van der Waals surface area contributed by atoms with Crippen molar-refractivity contribution < 1.29 is 8.78 Å². The van der Waals surface area contributed by atoms with Crippen molar-refractivity contribution in [1.29, 1.82) is 0 Å². The first kappa shape index (κ1) is 10.9. The van der Waals surface area contributed by atoms with E-state index in [0.717, 1.165) is 25.7 Å². The fourth-order valence-electron chi connectivity index (χ4n) is 1.73. The summed E-state index contributed by atoms with van der Waals surface area (Å²) in [6.07, 6.45) is 1.49. The third-order valence-electron chi connectivity index (χ3n) is 2.65. The van der Waals surface area contributed by atoms with Crippen LogP contribution in [0, 0.1) is 0 Å².